The first-order valence-corrected chi connectivity index (χ1v) is 13.0. The van der Waals surface area contributed by atoms with Gasteiger partial charge in [-0.15, -0.1) is 0 Å². The Kier molecular flexibility index (Phi) is 7.33. The lowest BCUT2D eigenvalue weighted by molar-refractivity contribution is -0.143. The number of hydrogen-bond donors (Lipinski definition) is 0. The average Bonchev–Trinajstić information content (AvgIpc) is 3.40. The molecule has 2 aromatic carbocycles. The molecule has 8 heteroatoms. The highest BCUT2D eigenvalue weighted by atomic mass is 16.5. The predicted octanol–water partition coefficient (Wildman–Crippen LogP) is 5.48. The Bertz CT molecular complexity index is 1520. The zero-order chi connectivity index (χ0) is 27.5. The van der Waals surface area contributed by atoms with E-state index in [1.54, 1.807) is 38.0 Å². The van der Waals surface area contributed by atoms with Gasteiger partial charge in [0.25, 0.3) is 11.8 Å². The van der Waals surface area contributed by atoms with Crippen LogP contribution in [0.5, 0.6) is 11.5 Å². The molecule has 1 saturated carbocycles. The Morgan fingerprint density at radius 1 is 0.974 bits per heavy atom. The van der Waals surface area contributed by atoms with Crippen molar-refractivity contribution in [3.05, 3.63) is 77.0 Å². The molecule has 1 aromatic heterocycles. The smallest absolute Gasteiger partial charge is 0.271 e. The fourth-order valence-electron chi connectivity index (χ4n) is 5.34. The molecule has 0 N–H and O–H groups in total. The standard InChI is InChI=1S/C31H30N4O4/c1-20-25(30(36)35(31(37)26(20)18-32)24-12-8-5-9-13-24)16-22-19-34(23-10-6-4-7-11-23)33-29(22)21-14-15-27(38-2)28(17-21)39-3/h4,6-7,10-11,14-17,19,24H,5,8-9,12-13H2,1-3H3/b25-16+. The van der Waals surface area contributed by atoms with Crippen LogP contribution in [0, 0.1) is 11.3 Å². The number of hydrogen-bond acceptors (Lipinski definition) is 6. The molecule has 3 aromatic rings. The van der Waals surface area contributed by atoms with Gasteiger partial charge in [0.2, 0.25) is 0 Å². The largest absolute Gasteiger partial charge is 0.493 e. The summed E-state index contributed by atoms with van der Waals surface area (Å²) >= 11 is 0. The molecule has 39 heavy (non-hydrogen) atoms. The summed E-state index contributed by atoms with van der Waals surface area (Å²) < 4.78 is 12.7. The molecule has 2 heterocycles. The minimum atomic E-state index is -0.496. The lowest BCUT2D eigenvalue weighted by atomic mass is 9.88. The molecule has 1 fully saturated rings. The summed E-state index contributed by atoms with van der Waals surface area (Å²) in [7, 11) is 3.15. The zero-order valence-corrected chi connectivity index (χ0v) is 22.3. The van der Waals surface area contributed by atoms with Crippen molar-refractivity contribution < 1.29 is 19.1 Å². The zero-order valence-electron chi connectivity index (χ0n) is 22.3. The molecule has 0 saturated heterocycles. The van der Waals surface area contributed by atoms with Crippen molar-refractivity contribution in [2.24, 2.45) is 0 Å². The molecule has 1 aliphatic carbocycles. The summed E-state index contributed by atoms with van der Waals surface area (Å²) in [6.45, 7) is 1.66. The minimum Gasteiger partial charge on any atom is -0.493 e. The van der Waals surface area contributed by atoms with Crippen LogP contribution in [0.15, 0.2) is 71.4 Å². The van der Waals surface area contributed by atoms with Gasteiger partial charge in [0.05, 0.1) is 19.9 Å². The third-order valence-electron chi connectivity index (χ3n) is 7.43. The van der Waals surface area contributed by atoms with Gasteiger partial charge in [-0.2, -0.15) is 10.4 Å². The summed E-state index contributed by atoms with van der Waals surface area (Å²) in [6.07, 6.45) is 8.11. The summed E-state index contributed by atoms with van der Waals surface area (Å²) in [4.78, 5) is 28.4. The fraction of sp³-hybridized carbons (Fsp3) is 0.290. The van der Waals surface area contributed by atoms with E-state index in [1.165, 1.54) is 4.90 Å². The van der Waals surface area contributed by atoms with Gasteiger partial charge in [0.1, 0.15) is 17.3 Å². The Hall–Kier alpha value is -4.64. The number of methoxy groups -OCH3 is 2. The Morgan fingerprint density at radius 3 is 2.36 bits per heavy atom. The minimum absolute atomic E-state index is 0.00883. The van der Waals surface area contributed by atoms with Gasteiger partial charge < -0.3 is 9.47 Å². The number of nitriles is 1. The van der Waals surface area contributed by atoms with Gasteiger partial charge in [0, 0.05) is 28.9 Å². The number of aromatic nitrogens is 2. The first kappa shape index (κ1) is 26.0. The number of nitrogens with zero attached hydrogens (tertiary/aromatic N) is 4. The van der Waals surface area contributed by atoms with Crippen molar-refractivity contribution >= 4 is 17.9 Å². The van der Waals surface area contributed by atoms with Crippen LogP contribution in [-0.4, -0.2) is 46.8 Å². The van der Waals surface area contributed by atoms with E-state index in [0.717, 1.165) is 43.4 Å². The maximum atomic E-state index is 13.8. The van der Waals surface area contributed by atoms with Crippen molar-refractivity contribution in [3.8, 4) is 34.5 Å². The number of ether oxygens (including phenoxy) is 2. The number of imide groups is 1. The summed E-state index contributed by atoms with van der Waals surface area (Å²) in [5.74, 6) is 0.275. The van der Waals surface area contributed by atoms with Gasteiger partial charge in [-0.3, -0.25) is 14.5 Å². The SMILES string of the molecule is COc1ccc(-c2nn(-c3ccccc3)cc2/C=C2/C(=O)N(C3CCCCC3)C(=O)C(C#N)=C2C)cc1OC. The fourth-order valence-corrected chi connectivity index (χ4v) is 5.34. The van der Waals surface area contributed by atoms with Crippen molar-refractivity contribution in [2.75, 3.05) is 14.2 Å². The quantitative estimate of drug-likeness (QED) is 0.314. The molecule has 2 amide bonds. The van der Waals surface area contributed by atoms with Gasteiger partial charge in [-0.05, 0) is 61.7 Å². The molecule has 8 nitrogen and oxygen atoms in total. The van der Waals surface area contributed by atoms with Gasteiger partial charge in [-0.1, -0.05) is 37.5 Å². The molecule has 0 atom stereocenters. The number of amides is 2. The Morgan fingerprint density at radius 2 is 1.69 bits per heavy atom. The maximum absolute atomic E-state index is 13.8. The van der Waals surface area contributed by atoms with Gasteiger partial charge >= 0.3 is 0 Å². The lowest BCUT2D eigenvalue weighted by Crippen LogP contribution is -2.49. The average molecular weight is 523 g/mol. The Balaban J connectivity index is 1.68. The van der Waals surface area contributed by atoms with Crippen LogP contribution < -0.4 is 9.47 Å². The van der Waals surface area contributed by atoms with Crippen LogP contribution >= 0.6 is 0 Å². The van der Waals surface area contributed by atoms with Crippen LogP contribution in [-0.2, 0) is 9.59 Å². The van der Waals surface area contributed by atoms with Crippen LogP contribution in [0.1, 0.15) is 44.6 Å². The lowest BCUT2D eigenvalue weighted by Gasteiger charge is -2.36. The molecule has 0 unspecified atom stereocenters. The molecular formula is C31H30N4O4. The van der Waals surface area contributed by atoms with Crippen LogP contribution in [0.3, 0.4) is 0 Å². The van der Waals surface area contributed by atoms with E-state index >= 15 is 0 Å². The predicted molar refractivity (Wildman–Crippen MR) is 147 cm³/mol. The molecule has 1 aliphatic heterocycles. The third-order valence-corrected chi connectivity index (χ3v) is 7.43. The third kappa shape index (κ3) is 4.84. The van der Waals surface area contributed by atoms with E-state index in [9.17, 15) is 14.9 Å². The first-order valence-electron chi connectivity index (χ1n) is 13.0. The van der Waals surface area contributed by atoms with Crippen LogP contribution in [0.25, 0.3) is 23.0 Å². The molecule has 2 aliphatic rings. The van der Waals surface area contributed by atoms with Crippen molar-refractivity contribution in [2.45, 2.75) is 45.1 Å². The van der Waals surface area contributed by atoms with Crippen molar-refractivity contribution in [3.63, 3.8) is 0 Å². The molecule has 5 rings (SSSR count). The van der Waals surface area contributed by atoms with E-state index in [2.05, 4.69) is 6.07 Å². The summed E-state index contributed by atoms with van der Waals surface area (Å²) in [5.41, 5.74) is 3.62. The summed E-state index contributed by atoms with van der Waals surface area (Å²) in [6, 6.07) is 17.0. The maximum Gasteiger partial charge on any atom is 0.271 e. The molecule has 0 bridgehead atoms. The topological polar surface area (TPSA) is 97.5 Å². The molecule has 0 spiro atoms. The second kappa shape index (κ2) is 11.0. The van der Waals surface area contributed by atoms with E-state index < -0.39 is 5.91 Å². The highest BCUT2D eigenvalue weighted by Crippen LogP contribution is 2.36. The van der Waals surface area contributed by atoms with E-state index in [1.807, 2.05) is 48.7 Å². The van der Waals surface area contributed by atoms with Crippen molar-refractivity contribution in [1.82, 2.24) is 14.7 Å². The summed E-state index contributed by atoms with van der Waals surface area (Å²) in [5, 5.41) is 14.7. The molecule has 198 valence electrons. The number of carbonyl (C=O) groups excluding carboxylic acids is 2. The highest BCUT2D eigenvalue weighted by molar-refractivity contribution is 6.20. The van der Waals surface area contributed by atoms with E-state index in [0.29, 0.717) is 33.9 Å². The number of rotatable bonds is 6. The second-order valence-electron chi connectivity index (χ2n) is 9.72. The normalized spacial score (nSPS) is 17.5. The van der Waals surface area contributed by atoms with Crippen LogP contribution in [0.4, 0.5) is 0 Å². The van der Waals surface area contributed by atoms with Gasteiger partial charge in [0.15, 0.2) is 11.5 Å². The highest BCUT2D eigenvalue weighted by Gasteiger charge is 2.40. The van der Waals surface area contributed by atoms with E-state index in [4.69, 9.17) is 14.6 Å². The van der Waals surface area contributed by atoms with Gasteiger partial charge in [-0.25, -0.2) is 4.68 Å². The van der Waals surface area contributed by atoms with Crippen molar-refractivity contribution in [1.29, 1.82) is 5.26 Å². The Labute approximate surface area is 227 Å². The number of carbonyl (C=O) groups is 2. The van der Waals surface area contributed by atoms with E-state index in [-0.39, 0.29) is 17.5 Å². The molecule has 0 radical (unpaired) electrons. The number of para-hydroxylation sites is 1. The van der Waals surface area contributed by atoms with Crippen LogP contribution in [0.2, 0.25) is 0 Å². The monoisotopic (exact) mass is 522 g/mol. The second-order valence-corrected chi connectivity index (χ2v) is 9.72. The molecular weight excluding hydrogens is 492 g/mol. The number of benzene rings is 2. The first-order chi connectivity index (χ1) is 19.0.